The zero-order valence-electron chi connectivity index (χ0n) is 12.9. The van der Waals surface area contributed by atoms with Crippen molar-refractivity contribution in [2.45, 2.75) is 0 Å². The predicted octanol–water partition coefficient (Wildman–Crippen LogP) is 2.53. The second kappa shape index (κ2) is 7.26. The van der Waals surface area contributed by atoms with Crippen LogP contribution in [0.1, 0.15) is 15.9 Å². The van der Waals surface area contributed by atoms with E-state index in [0.717, 1.165) is 11.3 Å². The highest BCUT2D eigenvalue weighted by atomic mass is 16.5. The number of benzene rings is 2. The van der Waals surface area contributed by atoms with Crippen LogP contribution in [0.15, 0.2) is 53.6 Å². The fourth-order valence-corrected chi connectivity index (χ4v) is 1.92. The Labute approximate surface area is 130 Å². The van der Waals surface area contributed by atoms with Crippen molar-refractivity contribution in [3.05, 3.63) is 59.7 Å². The second-order valence-electron chi connectivity index (χ2n) is 4.89. The quantitative estimate of drug-likeness (QED) is 0.681. The molecule has 0 unspecified atom stereocenters. The van der Waals surface area contributed by atoms with Gasteiger partial charge < -0.3 is 9.64 Å². The first-order valence-corrected chi connectivity index (χ1v) is 6.85. The molecule has 0 fully saturated rings. The molecule has 0 aliphatic rings. The molecule has 0 radical (unpaired) electrons. The molecule has 2 aromatic rings. The van der Waals surface area contributed by atoms with Gasteiger partial charge in [0.15, 0.2) is 0 Å². The Balaban J connectivity index is 2.01. The second-order valence-corrected chi connectivity index (χ2v) is 4.89. The van der Waals surface area contributed by atoms with Crippen LogP contribution in [0.2, 0.25) is 0 Å². The van der Waals surface area contributed by atoms with Crippen molar-refractivity contribution in [3.63, 3.8) is 0 Å². The first-order chi connectivity index (χ1) is 10.6. The maximum absolute atomic E-state index is 12.0. The van der Waals surface area contributed by atoms with Gasteiger partial charge in [0.05, 0.1) is 18.9 Å². The molecule has 0 aliphatic heterocycles. The van der Waals surface area contributed by atoms with Gasteiger partial charge >= 0.3 is 0 Å². The van der Waals surface area contributed by atoms with Crippen molar-refractivity contribution in [1.82, 2.24) is 5.43 Å². The van der Waals surface area contributed by atoms with Gasteiger partial charge in [-0.25, -0.2) is 5.43 Å². The lowest BCUT2D eigenvalue weighted by Crippen LogP contribution is -2.18. The lowest BCUT2D eigenvalue weighted by Gasteiger charge is -2.11. The molecule has 0 spiro atoms. The van der Waals surface area contributed by atoms with Crippen LogP contribution in [0.3, 0.4) is 0 Å². The third kappa shape index (κ3) is 3.85. The number of nitrogens with zero attached hydrogens (tertiary/aromatic N) is 2. The number of carbonyl (C=O) groups is 1. The zero-order valence-corrected chi connectivity index (χ0v) is 12.9. The van der Waals surface area contributed by atoms with Crippen LogP contribution < -0.4 is 15.1 Å². The van der Waals surface area contributed by atoms with Gasteiger partial charge in [-0.15, -0.1) is 0 Å². The summed E-state index contributed by atoms with van der Waals surface area (Å²) in [5.41, 5.74) is 4.96. The first kappa shape index (κ1) is 15.6. The Morgan fingerprint density at radius 3 is 2.45 bits per heavy atom. The molecule has 1 N–H and O–H groups in total. The number of methoxy groups -OCH3 is 1. The lowest BCUT2D eigenvalue weighted by molar-refractivity contribution is 0.0952. The van der Waals surface area contributed by atoms with E-state index in [1.54, 1.807) is 24.4 Å². The van der Waals surface area contributed by atoms with E-state index >= 15 is 0 Å². The van der Waals surface area contributed by atoms with Crippen LogP contribution in [0.25, 0.3) is 0 Å². The summed E-state index contributed by atoms with van der Waals surface area (Å²) in [7, 11) is 5.49. The summed E-state index contributed by atoms with van der Waals surface area (Å²) >= 11 is 0. The van der Waals surface area contributed by atoms with Crippen molar-refractivity contribution >= 4 is 17.8 Å². The molecule has 1 amide bonds. The van der Waals surface area contributed by atoms with E-state index in [4.69, 9.17) is 4.74 Å². The third-order valence-corrected chi connectivity index (χ3v) is 3.14. The van der Waals surface area contributed by atoms with Gasteiger partial charge in [0.25, 0.3) is 5.91 Å². The van der Waals surface area contributed by atoms with Gasteiger partial charge in [-0.1, -0.05) is 24.3 Å². The molecule has 0 aliphatic carbocycles. The van der Waals surface area contributed by atoms with E-state index in [2.05, 4.69) is 10.5 Å². The van der Waals surface area contributed by atoms with Crippen molar-refractivity contribution in [3.8, 4) is 5.75 Å². The van der Waals surface area contributed by atoms with Crippen LogP contribution in [-0.2, 0) is 0 Å². The van der Waals surface area contributed by atoms with Gasteiger partial charge in [-0.05, 0) is 29.8 Å². The highest BCUT2D eigenvalue weighted by molar-refractivity contribution is 5.97. The zero-order chi connectivity index (χ0) is 15.9. The number of hydrazone groups is 1. The minimum absolute atomic E-state index is 0.307. The standard InChI is InChI=1S/C17H19N3O2/c1-20(2)14-10-8-13(9-11-14)12-18-19-17(21)15-6-4-5-7-16(15)22-3/h4-12H,1-3H3,(H,19,21)/b18-12-. The summed E-state index contributed by atoms with van der Waals surface area (Å²) in [5, 5.41) is 3.97. The van der Waals surface area contributed by atoms with Crippen LogP contribution in [0, 0.1) is 0 Å². The van der Waals surface area contributed by atoms with Crippen molar-refractivity contribution in [2.24, 2.45) is 5.10 Å². The molecule has 2 aromatic carbocycles. The number of hydrogen-bond acceptors (Lipinski definition) is 4. The van der Waals surface area contributed by atoms with Crippen molar-refractivity contribution in [1.29, 1.82) is 0 Å². The predicted molar refractivity (Wildman–Crippen MR) is 88.8 cm³/mol. The normalized spacial score (nSPS) is 10.5. The van der Waals surface area contributed by atoms with Crippen LogP contribution in [0.5, 0.6) is 5.75 Å². The average Bonchev–Trinajstić information content (AvgIpc) is 2.55. The van der Waals surface area contributed by atoms with E-state index in [1.165, 1.54) is 7.11 Å². The summed E-state index contributed by atoms with van der Waals surface area (Å²) < 4.78 is 5.15. The third-order valence-electron chi connectivity index (χ3n) is 3.14. The number of hydrogen-bond donors (Lipinski definition) is 1. The molecule has 5 nitrogen and oxygen atoms in total. The first-order valence-electron chi connectivity index (χ1n) is 6.85. The molecule has 114 valence electrons. The maximum atomic E-state index is 12.0. The molecule has 0 heterocycles. The number of amides is 1. The van der Waals surface area contributed by atoms with Crippen molar-refractivity contribution < 1.29 is 9.53 Å². The summed E-state index contributed by atoms with van der Waals surface area (Å²) in [5.74, 6) is 0.212. The minimum Gasteiger partial charge on any atom is -0.496 e. The molecule has 0 aromatic heterocycles. The molecule has 2 rings (SSSR count). The molecular weight excluding hydrogens is 278 g/mol. The number of rotatable bonds is 5. The van der Waals surface area contributed by atoms with Gasteiger partial charge in [0.2, 0.25) is 0 Å². The van der Waals surface area contributed by atoms with E-state index in [9.17, 15) is 4.79 Å². The molecule has 0 saturated carbocycles. The van der Waals surface area contributed by atoms with E-state index < -0.39 is 0 Å². The van der Waals surface area contributed by atoms with Gasteiger partial charge in [0, 0.05) is 19.8 Å². The number of nitrogens with one attached hydrogen (secondary N) is 1. The van der Waals surface area contributed by atoms with Gasteiger partial charge in [-0.2, -0.15) is 5.10 Å². The Hall–Kier alpha value is -2.82. The highest BCUT2D eigenvalue weighted by Gasteiger charge is 2.09. The van der Waals surface area contributed by atoms with Crippen LogP contribution in [0.4, 0.5) is 5.69 Å². The smallest absolute Gasteiger partial charge is 0.275 e. The topological polar surface area (TPSA) is 53.9 Å². The van der Waals surface area contributed by atoms with E-state index in [1.807, 2.05) is 49.3 Å². The molecule has 22 heavy (non-hydrogen) atoms. The molecule has 0 atom stereocenters. The Morgan fingerprint density at radius 1 is 1.14 bits per heavy atom. The fourth-order valence-electron chi connectivity index (χ4n) is 1.92. The SMILES string of the molecule is COc1ccccc1C(=O)N/N=C\c1ccc(N(C)C)cc1. The Kier molecular flexibility index (Phi) is 5.14. The van der Waals surface area contributed by atoms with E-state index in [0.29, 0.717) is 11.3 Å². The largest absolute Gasteiger partial charge is 0.496 e. The molecule has 0 bridgehead atoms. The summed E-state index contributed by atoms with van der Waals surface area (Å²) in [6.45, 7) is 0. The van der Waals surface area contributed by atoms with E-state index in [-0.39, 0.29) is 5.91 Å². The number of para-hydroxylation sites is 1. The molecule has 5 heteroatoms. The van der Waals surface area contributed by atoms with Gasteiger partial charge in [-0.3, -0.25) is 4.79 Å². The number of carbonyl (C=O) groups excluding carboxylic acids is 1. The number of anilines is 1. The van der Waals surface area contributed by atoms with Crippen LogP contribution >= 0.6 is 0 Å². The monoisotopic (exact) mass is 297 g/mol. The summed E-state index contributed by atoms with van der Waals surface area (Å²) in [4.78, 5) is 14.1. The molecule has 0 saturated heterocycles. The molecular formula is C17H19N3O2. The maximum Gasteiger partial charge on any atom is 0.275 e. The Bertz CT molecular complexity index is 664. The van der Waals surface area contributed by atoms with Crippen molar-refractivity contribution in [2.75, 3.05) is 26.1 Å². The fraction of sp³-hybridized carbons (Fsp3) is 0.176. The summed E-state index contributed by atoms with van der Waals surface area (Å²) in [6, 6.07) is 14.9. The summed E-state index contributed by atoms with van der Waals surface area (Å²) in [6.07, 6.45) is 1.60. The van der Waals surface area contributed by atoms with Crippen LogP contribution in [-0.4, -0.2) is 33.3 Å². The highest BCUT2D eigenvalue weighted by Crippen LogP contribution is 2.16. The van der Waals surface area contributed by atoms with Gasteiger partial charge in [0.1, 0.15) is 5.75 Å². The lowest BCUT2D eigenvalue weighted by atomic mass is 10.2. The Morgan fingerprint density at radius 2 is 1.82 bits per heavy atom. The minimum atomic E-state index is -0.307. The number of ether oxygens (including phenoxy) is 1. The average molecular weight is 297 g/mol.